The maximum absolute atomic E-state index is 13.7. The summed E-state index contributed by atoms with van der Waals surface area (Å²) in [6, 6.07) is 5.09. The van der Waals surface area contributed by atoms with Crippen LogP contribution < -0.4 is 4.90 Å². The summed E-state index contributed by atoms with van der Waals surface area (Å²) in [5.41, 5.74) is 1.73. The van der Waals surface area contributed by atoms with Crippen LogP contribution in [0.25, 0.3) is 22.4 Å². The number of hydrogen-bond donors (Lipinski definition) is 1. The van der Waals surface area contributed by atoms with E-state index in [0.717, 1.165) is 49.9 Å². The third-order valence-electron chi connectivity index (χ3n) is 6.82. The number of pyridine rings is 1. The number of aromatic nitrogens is 3. The highest BCUT2D eigenvalue weighted by Gasteiger charge is 2.33. The predicted octanol–water partition coefficient (Wildman–Crippen LogP) is 4.30. The Labute approximate surface area is 199 Å². The molecule has 3 aromatic rings. The van der Waals surface area contributed by atoms with Gasteiger partial charge in [0.15, 0.2) is 5.82 Å². The molecule has 5 rings (SSSR count). The largest absolute Gasteiger partial charge is 0.401 e. The Morgan fingerprint density at radius 2 is 1.57 bits per heavy atom. The topological polar surface area (TPSA) is 51.3 Å². The standard InChI is InChI=1S/C24H27F5N6/c25-18-11-17(12-19(26)13-18)22-31-20-1-4-30-23(21(20)32-22)35-5-2-16(3-6-35)14-33-7-9-34(10-8-33)15-24(27,28)29/h1,4,11-13,16H,2-3,5-10,14-15H2,(H,31,32). The van der Waals surface area contributed by atoms with E-state index in [-0.39, 0.29) is 0 Å². The van der Waals surface area contributed by atoms with Crippen LogP contribution in [0.3, 0.4) is 0 Å². The zero-order chi connectivity index (χ0) is 24.6. The maximum atomic E-state index is 13.7. The Bertz CT molecular complexity index is 1140. The van der Waals surface area contributed by atoms with E-state index in [1.54, 1.807) is 12.3 Å². The molecule has 0 unspecified atom stereocenters. The Balaban J connectivity index is 1.20. The summed E-state index contributed by atoms with van der Waals surface area (Å²) in [5, 5.41) is 0. The van der Waals surface area contributed by atoms with Crippen molar-refractivity contribution in [2.24, 2.45) is 5.92 Å². The molecule has 0 radical (unpaired) electrons. The van der Waals surface area contributed by atoms with Gasteiger partial charge in [0, 0.05) is 63.6 Å². The second kappa shape index (κ2) is 9.69. The van der Waals surface area contributed by atoms with Crippen molar-refractivity contribution in [1.29, 1.82) is 0 Å². The minimum absolute atomic E-state index is 0.332. The van der Waals surface area contributed by atoms with Crippen molar-refractivity contribution in [2.45, 2.75) is 19.0 Å². The quantitative estimate of drug-likeness (QED) is 0.536. The van der Waals surface area contributed by atoms with Crippen molar-refractivity contribution >= 4 is 16.9 Å². The minimum Gasteiger partial charge on any atom is -0.355 e. The van der Waals surface area contributed by atoms with Gasteiger partial charge in [-0.15, -0.1) is 0 Å². The number of nitrogens with one attached hydrogen (secondary N) is 1. The molecule has 2 saturated heterocycles. The molecule has 2 aliphatic heterocycles. The number of hydrogen-bond acceptors (Lipinski definition) is 5. The summed E-state index contributed by atoms with van der Waals surface area (Å²) >= 11 is 0. The molecular weight excluding hydrogens is 467 g/mol. The highest BCUT2D eigenvalue weighted by Crippen LogP contribution is 2.30. The lowest BCUT2D eigenvalue weighted by Gasteiger charge is -2.39. The highest BCUT2D eigenvalue weighted by atomic mass is 19.4. The van der Waals surface area contributed by atoms with Crippen LogP contribution in [-0.4, -0.2) is 83.3 Å². The van der Waals surface area contributed by atoms with Crippen LogP contribution in [0.5, 0.6) is 0 Å². The molecule has 0 spiro atoms. The fraction of sp³-hybridized carbons (Fsp3) is 0.500. The molecule has 0 bridgehead atoms. The number of alkyl halides is 3. The van der Waals surface area contributed by atoms with Crippen LogP contribution in [0.1, 0.15) is 12.8 Å². The van der Waals surface area contributed by atoms with Gasteiger partial charge in [-0.2, -0.15) is 13.2 Å². The number of H-pyrrole nitrogens is 1. The number of piperazine rings is 1. The van der Waals surface area contributed by atoms with Crippen molar-refractivity contribution in [2.75, 3.05) is 57.3 Å². The van der Waals surface area contributed by atoms with Gasteiger partial charge in [-0.1, -0.05) is 0 Å². The molecule has 4 heterocycles. The Morgan fingerprint density at radius 3 is 2.23 bits per heavy atom. The summed E-state index contributed by atoms with van der Waals surface area (Å²) in [4.78, 5) is 18.2. The summed E-state index contributed by atoms with van der Waals surface area (Å²) in [5.74, 6) is 0.267. The average molecular weight is 495 g/mol. The van der Waals surface area contributed by atoms with Crippen molar-refractivity contribution in [3.8, 4) is 11.4 Å². The van der Waals surface area contributed by atoms with Gasteiger partial charge >= 0.3 is 6.18 Å². The molecule has 0 aliphatic carbocycles. The smallest absolute Gasteiger partial charge is 0.355 e. The molecule has 0 saturated carbocycles. The van der Waals surface area contributed by atoms with Gasteiger partial charge in [0.1, 0.15) is 23.0 Å². The molecule has 1 aromatic carbocycles. The number of fused-ring (bicyclic) bond motifs is 1. The summed E-state index contributed by atoms with van der Waals surface area (Å²) < 4.78 is 65.2. The van der Waals surface area contributed by atoms with Gasteiger partial charge in [0.25, 0.3) is 0 Å². The zero-order valence-corrected chi connectivity index (χ0v) is 19.2. The van der Waals surface area contributed by atoms with Crippen molar-refractivity contribution in [1.82, 2.24) is 24.8 Å². The van der Waals surface area contributed by atoms with Gasteiger partial charge in [-0.25, -0.2) is 18.7 Å². The first kappa shape index (κ1) is 23.9. The van der Waals surface area contributed by atoms with Crippen LogP contribution in [0, 0.1) is 17.6 Å². The normalized spacial score (nSPS) is 19.1. The molecule has 6 nitrogen and oxygen atoms in total. The predicted molar refractivity (Wildman–Crippen MR) is 123 cm³/mol. The van der Waals surface area contributed by atoms with E-state index >= 15 is 0 Å². The van der Waals surface area contributed by atoms with Crippen molar-refractivity contribution in [3.63, 3.8) is 0 Å². The molecule has 188 valence electrons. The van der Waals surface area contributed by atoms with E-state index in [2.05, 4.69) is 24.8 Å². The third-order valence-corrected chi connectivity index (χ3v) is 6.82. The van der Waals surface area contributed by atoms with Crippen LogP contribution >= 0.6 is 0 Å². The number of halogens is 5. The molecule has 35 heavy (non-hydrogen) atoms. The first-order valence-corrected chi connectivity index (χ1v) is 11.8. The van der Waals surface area contributed by atoms with Gasteiger partial charge in [0.2, 0.25) is 0 Å². The van der Waals surface area contributed by atoms with E-state index in [9.17, 15) is 22.0 Å². The molecule has 1 N–H and O–H groups in total. The second-order valence-electron chi connectivity index (χ2n) is 9.40. The molecule has 2 aromatic heterocycles. The number of imidazole rings is 1. The number of piperidine rings is 1. The Morgan fingerprint density at radius 1 is 0.914 bits per heavy atom. The molecule has 0 atom stereocenters. The minimum atomic E-state index is -4.14. The SMILES string of the molecule is Fc1cc(F)cc(-c2nc3c(N4CCC(CN5CCN(CC(F)(F)F)CC5)CC4)nccc3[nH]2)c1. The van der Waals surface area contributed by atoms with E-state index in [4.69, 9.17) is 0 Å². The van der Waals surface area contributed by atoms with Crippen molar-refractivity contribution in [3.05, 3.63) is 42.1 Å². The number of aromatic amines is 1. The van der Waals surface area contributed by atoms with E-state index < -0.39 is 24.4 Å². The van der Waals surface area contributed by atoms with Crippen LogP contribution in [-0.2, 0) is 0 Å². The van der Waals surface area contributed by atoms with Gasteiger partial charge < -0.3 is 14.8 Å². The highest BCUT2D eigenvalue weighted by molar-refractivity contribution is 5.88. The van der Waals surface area contributed by atoms with Crippen LogP contribution in [0.4, 0.5) is 27.8 Å². The first-order chi connectivity index (χ1) is 16.7. The van der Waals surface area contributed by atoms with Crippen molar-refractivity contribution < 1.29 is 22.0 Å². The number of rotatable bonds is 5. The molecule has 2 aliphatic rings. The Kier molecular flexibility index (Phi) is 6.63. The fourth-order valence-corrected chi connectivity index (χ4v) is 5.06. The molecule has 11 heteroatoms. The average Bonchev–Trinajstić information content (AvgIpc) is 3.24. The van der Waals surface area contributed by atoms with E-state index in [1.807, 2.05) is 0 Å². The fourth-order valence-electron chi connectivity index (χ4n) is 5.06. The summed E-state index contributed by atoms with van der Waals surface area (Å²) in [6.07, 6.45) is -0.548. The number of anilines is 1. The van der Waals surface area contributed by atoms with E-state index in [1.165, 1.54) is 17.0 Å². The molecular formula is C24H27F5N6. The third kappa shape index (κ3) is 5.72. The lowest BCUT2D eigenvalue weighted by atomic mass is 9.96. The number of benzene rings is 1. The lowest BCUT2D eigenvalue weighted by molar-refractivity contribution is -0.149. The summed E-state index contributed by atoms with van der Waals surface area (Å²) in [7, 11) is 0. The Hall–Kier alpha value is -2.79. The van der Waals surface area contributed by atoms with Gasteiger partial charge in [-0.05, 0) is 37.0 Å². The lowest BCUT2D eigenvalue weighted by Crippen LogP contribution is -2.50. The first-order valence-electron chi connectivity index (χ1n) is 11.8. The van der Waals surface area contributed by atoms with Gasteiger partial charge in [0.05, 0.1) is 12.1 Å². The second-order valence-corrected chi connectivity index (χ2v) is 9.40. The monoisotopic (exact) mass is 494 g/mol. The summed E-state index contributed by atoms with van der Waals surface area (Å²) in [6.45, 7) is 3.86. The molecule has 0 amide bonds. The zero-order valence-electron chi connectivity index (χ0n) is 19.2. The van der Waals surface area contributed by atoms with Crippen LogP contribution in [0.15, 0.2) is 30.5 Å². The molecule has 2 fully saturated rings. The maximum Gasteiger partial charge on any atom is 0.401 e. The van der Waals surface area contributed by atoms with Gasteiger partial charge in [-0.3, -0.25) is 4.90 Å². The van der Waals surface area contributed by atoms with E-state index in [0.29, 0.717) is 49.0 Å². The van der Waals surface area contributed by atoms with Crippen LogP contribution in [0.2, 0.25) is 0 Å². The number of nitrogens with zero attached hydrogens (tertiary/aromatic N) is 5.